The number of pyridine rings is 1. The molecule has 4 rings (SSSR count). The van der Waals surface area contributed by atoms with E-state index in [1.54, 1.807) is 0 Å². The molecule has 0 bridgehead atoms. The summed E-state index contributed by atoms with van der Waals surface area (Å²) in [6, 6.07) is 6.37. The molecule has 0 radical (unpaired) electrons. The lowest BCUT2D eigenvalue weighted by molar-refractivity contribution is 0.479. The second-order valence-electron chi connectivity index (χ2n) is 5.98. The van der Waals surface area contributed by atoms with Crippen LogP contribution in [0.25, 0.3) is 22.4 Å². The zero-order valence-corrected chi connectivity index (χ0v) is 13.2. The first-order chi connectivity index (χ1) is 11.3. The molecule has 1 aliphatic heterocycles. The van der Waals surface area contributed by atoms with Gasteiger partial charge in [0.2, 0.25) is 0 Å². The van der Waals surface area contributed by atoms with Crippen molar-refractivity contribution in [2.45, 2.75) is 18.9 Å². The van der Waals surface area contributed by atoms with E-state index >= 15 is 0 Å². The summed E-state index contributed by atoms with van der Waals surface area (Å²) < 4.78 is 1.99. The van der Waals surface area contributed by atoms with Crippen LogP contribution >= 0.6 is 0 Å². The zero-order chi connectivity index (χ0) is 15.6. The smallest absolute Gasteiger partial charge is 0.159 e. The summed E-state index contributed by atoms with van der Waals surface area (Å²) in [5.41, 5.74) is 3.63. The monoisotopic (exact) mass is 308 g/mol. The molecule has 4 heterocycles. The molecule has 6 nitrogen and oxygen atoms in total. The topological polar surface area (TPSA) is 67.7 Å². The Balaban J connectivity index is 1.70. The van der Waals surface area contributed by atoms with Gasteiger partial charge in [0.1, 0.15) is 11.3 Å². The number of nitrogens with one attached hydrogen (secondary N) is 2. The second-order valence-corrected chi connectivity index (χ2v) is 5.98. The Hall–Kier alpha value is -2.47. The lowest BCUT2D eigenvalue weighted by atomic mass is 10.1. The van der Waals surface area contributed by atoms with Crippen molar-refractivity contribution >= 4 is 17.0 Å². The molecule has 0 aliphatic carbocycles. The fraction of sp³-hybridized carbons (Fsp3) is 0.353. The molecule has 6 heteroatoms. The molecule has 1 fully saturated rings. The van der Waals surface area contributed by atoms with Crippen molar-refractivity contribution < 1.29 is 0 Å². The van der Waals surface area contributed by atoms with E-state index in [9.17, 15) is 0 Å². The third-order valence-corrected chi connectivity index (χ3v) is 4.29. The van der Waals surface area contributed by atoms with Gasteiger partial charge >= 0.3 is 0 Å². The summed E-state index contributed by atoms with van der Waals surface area (Å²) in [5.74, 6) is 0.879. The largest absolute Gasteiger partial charge is 0.366 e. The Morgan fingerprint density at radius 1 is 1.30 bits per heavy atom. The molecular weight excluding hydrogens is 288 g/mol. The van der Waals surface area contributed by atoms with Gasteiger partial charge in [-0.2, -0.15) is 0 Å². The SMILES string of the molecule is Cn1ccc2ncc(-c3cccnc3N[C@H]3CCCNC3)nc21. The van der Waals surface area contributed by atoms with Crippen LogP contribution in [0, 0.1) is 0 Å². The maximum Gasteiger partial charge on any atom is 0.159 e. The van der Waals surface area contributed by atoms with E-state index in [0.29, 0.717) is 6.04 Å². The van der Waals surface area contributed by atoms with Gasteiger partial charge in [-0.05, 0) is 37.6 Å². The highest BCUT2D eigenvalue weighted by molar-refractivity contribution is 5.78. The molecule has 1 aliphatic rings. The normalized spacial score (nSPS) is 18.2. The Bertz CT molecular complexity index is 819. The third kappa shape index (κ3) is 2.77. The van der Waals surface area contributed by atoms with Crippen LogP contribution in [0.4, 0.5) is 5.82 Å². The molecular formula is C17H20N6. The molecule has 0 spiro atoms. The summed E-state index contributed by atoms with van der Waals surface area (Å²) >= 11 is 0. The summed E-state index contributed by atoms with van der Waals surface area (Å²) in [4.78, 5) is 13.8. The van der Waals surface area contributed by atoms with Gasteiger partial charge in [-0.1, -0.05) is 0 Å². The van der Waals surface area contributed by atoms with Crippen molar-refractivity contribution in [3.05, 3.63) is 36.8 Å². The molecule has 0 saturated carbocycles. The molecule has 3 aromatic heterocycles. The van der Waals surface area contributed by atoms with E-state index in [1.165, 1.54) is 6.42 Å². The lowest BCUT2D eigenvalue weighted by Crippen LogP contribution is -2.38. The maximum absolute atomic E-state index is 4.76. The van der Waals surface area contributed by atoms with Crippen molar-refractivity contribution in [3.63, 3.8) is 0 Å². The zero-order valence-electron chi connectivity index (χ0n) is 13.2. The van der Waals surface area contributed by atoms with Crippen molar-refractivity contribution in [2.24, 2.45) is 7.05 Å². The molecule has 0 amide bonds. The summed E-state index contributed by atoms with van der Waals surface area (Å²) in [5, 5.41) is 6.98. The molecule has 118 valence electrons. The van der Waals surface area contributed by atoms with Gasteiger partial charge in [0.25, 0.3) is 0 Å². The van der Waals surface area contributed by atoms with Gasteiger partial charge < -0.3 is 15.2 Å². The van der Waals surface area contributed by atoms with Crippen molar-refractivity contribution in [2.75, 3.05) is 18.4 Å². The first kappa shape index (κ1) is 14.1. The highest BCUT2D eigenvalue weighted by Gasteiger charge is 2.16. The van der Waals surface area contributed by atoms with Crippen LogP contribution in [0.2, 0.25) is 0 Å². The van der Waals surface area contributed by atoms with E-state index in [0.717, 1.165) is 47.7 Å². The average Bonchev–Trinajstić information content (AvgIpc) is 2.97. The van der Waals surface area contributed by atoms with Crippen molar-refractivity contribution in [3.8, 4) is 11.3 Å². The Morgan fingerprint density at radius 2 is 2.26 bits per heavy atom. The maximum atomic E-state index is 4.76. The molecule has 3 aromatic rings. The van der Waals surface area contributed by atoms with Gasteiger partial charge in [0.05, 0.1) is 11.9 Å². The number of nitrogens with zero attached hydrogens (tertiary/aromatic N) is 4. The number of hydrogen-bond donors (Lipinski definition) is 2. The van der Waals surface area contributed by atoms with E-state index in [-0.39, 0.29) is 0 Å². The lowest BCUT2D eigenvalue weighted by Gasteiger charge is -2.25. The Labute approximate surface area is 135 Å². The first-order valence-corrected chi connectivity index (χ1v) is 8.02. The summed E-state index contributed by atoms with van der Waals surface area (Å²) in [6.45, 7) is 2.07. The van der Waals surface area contributed by atoms with Crippen LogP contribution < -0.4 is 10.6 Å². The standard InChI is InChI=1S/C17H20N6/c1-23-9-6-14-17(23)22-15(11-20-14)13-5-3-8-19-16(13)21-12-4-2-7-18-10-12/h3,5-6,8-9,11-12,18H,2,4,7,10H2,1H3,(H,19,21)/t12-/m0/s1. The minimum absolute atomic E-state index is 0.407. The minimum atomic E-state index is 0.407. The highest BCUT2D eigenvalue weighted by atomic mass is 15.1. The van der Waals surface area contributed by atoms with Crippen LogP contribution in [0.5, 0.6) is 0 Å². The number of hydrogen-bond acceptors (Lipinski definition) is 5. The van der Waals surface area contributed by atoms with Crippen LogP contribution in [0.3, 0.4) is 0 Å². The van der Waals surface area contributed by atoms with Gasteiger partial charge in [-0.15, -0.1) is 0 Å². The van der Waals surface area contributed by atoms with Gasteiger partial charge in [-0.3, -0.25) is 4.98 Å². The second kappa shape index (κ2) is 5.96. The minimum Gasteiger partial charge on any atom is -0.366 e. The Morgan fingerprint density at radius 3 is 3.13 bits per heavy atom. The highest BCUT2D eigenvalue weighted by Crippen LogP contribution is 2.26. The van der Waals surface area contributed by atoms with E-state index in [2.05, 4.69) is 20.6 Å². The summed E-state index contributed by atoms with van der Waals surface area (Å²) in [7, 11) is 1.98. The molecule has 0 aromatic carbocycles. The van der Waals surface area contributed by atoms with Crippen LogP contribution in [-0.2, 0) is 7.05 Å². The number of aryl methyl sites for hydroxylation is 1. The van der Waals surface area contributed by atoms with Crippen LogP contribution in [0.15, 0.2) is 36.8 Å². The van der Waals surface area contributed by atoms with E-state index in [1.807, 2.05) is 48.4 Å². The quantitative estimate of drug-likeness (QED) is 0.776. The predicted octanol–water partition coefficient (Wildman–Crippen LogP) is 2.19. The van der Waals surface area contributed by atoms with Crippen LogP contribution in [0.1, 0.15) is 12.8 Å². The molecule has 23 heavy (non-hydrogen) atoms. The Kier molecular flexibility index (Phi) is 3.67. The van der Waals surface area contributed by atoms with E-state index < -0.39 is 0 Å². The van der Waals surface area contributed by atoms with Crippen molar-refractivity contribution in [1.29, 1.82) is 0 Å². The van der Waals surface area contributed by atoms with E-state index in [4.69, 9.17) is 4.98 Å². The van der Waals surface area contributed by atoms with Crippen LogP contribution in [-0.4, -0.2) is 38.7 Å². The van der Waals surface area contributed by atoms with Gasteiger partial charge in [0.15, 0.2) is 5.65 Å². The van der Waals surface area contributed by atoms with Gasteiger partial charge in [-0.25, -0.2) is 9.97 Å². The number of anilines is 1. The van der Waals surface area contributed by atoms with Crippen molar-refractivity contribution in [1.82, 2.24) is 24.8 Å². The molecule has 1 saturated heterocycles. The number of fused-ring (bicyclic) bond motifs is 1. The number of aromatic nitrogens is 4. The number of piperidine rings is 1. The first-order valence-electron chi connectivity index (χ1n) is 8.02. The average molecular weight is 308 g/mol. The molecule has 2 N–H and O–H groups in total. The molecule has 1 atom stereocenters. The van der Waals surface area contributed by atoms with Gasteiger partial charge in [0, 0.05) is 37.6 Å². The summed E-state index contributed by atoms with van der Waals surface area (Å²) in [6.07, 6.45) is 7.96. The molecule has 0 unspecified atom stereocenters. The third-order valence-electron chi connectivity index (χ3n) is 4.29. The number of rotatable bonds is 3. The fourth-order valence-corrected chi connectivity index (χ4v) is 3.04. The predicted molar refractivity (Wildman–Crippen MR) is 91.3 cm³/mol. The fourth-order valence-electron chi connectivity index (χ4n) is 3.04.